The van der Waals surface area contributed by atoms with Crippen molar-refractivity contribution in [3.8, 4) is 0 Å². The maximum absolute atomic E-state index is 13.7. The van der Waals surface area contributed by atoms with Crippen LogP contribution in [0.5, 0.6) is 0 Å². The average molecular weight is 563 g/mol. The fraction of sp³-hybridized carbons (Fsp3) is 0.710. The molecule has 1 fully saturated rings. The quantitative estimate of drug-likeness (QED) is 0.310. The van der Waals surface area contributed by atoms with Crippen LogP contribution in [0.15, 0.2) is 30.3 Å². The molecule has 1 heterocycles. The van der Waals surface area contributed by atoms with Gasteiger partial charge >= 0.3 is 12.1 Å². The first kappa shape index (κ1) is 33.6. The zero-order valence-electron chi connectivity index (χ0n) is 25.8. The molecule has 40 heavy (non-hydrogen) atoms. The molecule has 0 saturated carbocycles. The van der Waals surface area contributed by atoms with Crippen molar-refractivity contribution in [1.82, 2.24) is 9.80 Å². The van der Waals surface area contributed by atoms with Crippen LogP contribution in [-0.4, -0.2) is 85.5 Å². The molecule has 0 bridgehead atoms. The lowest BCUT2D eigenvalue weighted by molar-refractivity contribution is -0.158. The summed E-state index contributed by atoms with van der Waals surface area (Å²) in [6.45, 7) is 12.1. The van der Waals surface area contributed by atoms with E-state index in [-0.39, 0.29) is 42.9 Å². The van der Waals surface area contributed by atoms with E-state index in [4.69, 9.17) is 18.9 Å². The second-order valence-electron chi connectivity index (χ2n) is 11.8. The second kappa shape index (κ2) is 15.4. The van der Waals surface area contributed by atoms with Gasteiger partial charge in [0.15, 0.2) is 0 Å². The molecular weight excluding hydrogens is 512 g/mol. The number of nitrogens with zero attached hydrogens (tertiary/aromatic N) is 2. The summed E-state index contributed by atoms with van der Waals surface area (Å²) >= 11 is 0. The van der Waals surface area contributed by atoms with E-state index in [2.05, 4.69) is 0 Å². The van der Waals surface area contributed by atoms with Gasteiger partial charge in [-0.25, -0.2) is 4.79 Å². The lowest BCUT2D eigenvalue weighted by Gasteiger charge is -2.39. The smallest absolute Gasteiger partial charge is 0.410 e. The maximum Gasteiger partial charge on any atom is 0.410 e. The Morgan fingerprint density at radius 2 is 1.73 bits per heavy atom. The summed E-state index contributed by atoms with van der Waals surface area (Å²) in [6, 6.07) is 8.90. The van der Waals surface area contributed by atoms with Gasteiger partial charge in [0.2, 0.25) is 5.91 Å². The van der Waals surface area contributed by atoms with Crippen molar-refractivity contribution in [2.45, 2.75) is 104 Å². The lowest BCUT2D eigenvalue weighted by Crippen LogP contribution is -2.53. The highest BCUT2D eigenvalue weighted by atomic mass is 16.6. The number of likely N-dealkylation sites (N-methyl/N-ethyl adjacent to an activating group) is 1. The predicted octanol–water partition coefficient (Wildman–Crippen LogP) is 5.06. The minimum Gasteiger partial charge on any atom is -0.461 e. The van der Waals surface area contributed by atoms with Gasteiger partial charge in [0, 0.05) is 27.8 Å². The number of methoxy groups -OCH3 is 2. The predicted molar refractivity (Wildman–Crippen MR) is 154 cm³/mol. The third kappa shape index (κ3) is 9.20. The first-order valence-corrected chi connectivity index (χ1v) is 14.4. The third-order valence-electron chi connectivity index (χ3n) is 7.77. The van der Waals surface area contributed by atoms with Gasteiger partial charge in [-0.3, -0.25) is 9.59 Å². The van der Waals surface area contributed by atoms with Crippen LogP contribution in [0.4, 0.5) is 4.79 Å². The van der Waals surface area contributed by atoms with Crippen molar-refractivity contribution in [2.24, 2.45) is 11.8 Å². The molecular formula is C31H50N2O7. The summed E-state index contributed by atoms with van der Waals surface area (Å²) in [4.78, 5) is 43.0. The first-order valence-electron chi connectivity index (χ1n) is 14.4. The van der Waals surface area contributed by atoms with Gasteiger partial charge in [-0.15, -0.1) is 0 Å². The molecule has 1 aromatic rings. The van der Waals surface area contributed by atoms with Crippen molar-refractivity contribution in [3.63, 3.8) is 0 Å². The topological polar surface area (TPSA) is 94.6 Å². The zero-order chi connectivity index (χ0) is 30.0. The van der Waals surface area contributed by atoms with Crippen LogP contribution in [0.2, 0.25) is 0 Å². The number of hydrogen-bond acceptors (Lipinski definition) is 7. The molecule has 1 aliphatic rings. The molecule has 0 spiro atoms. The van der Waals surface area contributed by atoms with Gasteiger partial charge in [0.05, 0.1) is 36.6 Å². The van der Waals surface area contributed by atoms with Crippen LogP contribution in [0.1, 0.15) is 72.8 Å². The van der Waals surface area contributed by atoms with E-state index in [1.54, 1.807) is 33.1 Å². The number of benzene rings is 1. The van der Waals surface area contributed by atoms with Crippen LogP contribution in [0.3, 0.4) is 0 Å². The van der Waals surface area contributed by atoms with Crippen LogP contribution >= 0.6 is 0 Å². The Labute approximate surface area is 240 Å². The number of esters is 1. The van der Waals surface area contributed by atoms with E-state index in [9.17, 15) is 14.4 Å². The lowest BCUT2D eigenvalue weighted by atomic mass is 9.90. The van der Waals surface area contributed by atoms with Crippen LogP contribution in [-0.2, 0) is 35.1 Å². The normalized spacial score (nSPS) is 19.3. The summed E-state index contributed by atoms with van der Waals surface area (Å²) in [6.07, 6.45) is 0.942. The fourth-order valence-electron chi connectivity index (χ4n) is 5.46. The highest BCUT2D eigenvalue weighted by Gasteiger charge is 2.42. The van der Waals surface area contributed by atoms with Gasteiger partial charge in [-0.05, 0) is 52.0 Å². The Kier molecular flexibility index (Phi) is 12.9. The van der Waals surface area contributed by atoms with E-state index in [1.165, 1.54) is 0 Å². The zero-order valence-corrected chi connectivity index (χ0v) is 25.8. The van der Waals surface area contributed by atoms with Gasteiger partial charge in [0.25, 0.3) is 0 Å². The molecule has 1 aromatic carbocycles. The van der Waals surface area contributed by atoms with Crippen LogP contribution < -0.4 is 0 Å². The molecule has 2 amide bonds. The van der Waals surface area contributed by atoms with Crippen LogP contribution in [0, 0.1) is 11.8 Å². The minimum absolute atomic E-state index is 0.0655. The summed E-state index contributed by atoms with van der Waals surface area (Å²) in [7, 11) is 4.84. The van der Waals surface area contributed by atoms with Crippen molar-refractivity contribution in [2.75, 3.05) is 27.8 Å². The number of carbonyl (C=O) groups is 3. The number of amides is 2. The third-order valence-corrected chi connectivity index (χ3v) is 7.77. The molecule has 0 radical (unpaired) electrons. The number of carbonyl (C=O) groups excluding carboxylic acids is 3. The summed E-state index contributed by atoms with van der Waals surface area (Å²) in [5.41, 5.74) is 0.271. The minimum atomic E-state index is -0.638. The summed E-state index contributed by atoms with van der Waals surface area (Å²) < 4.78 is 22.8. The molecule has 0 aliphatic carbocycles. The molecule has 226 valence electrons. The second-order valence-corrected chi connectivity index (χ2v) is 11.8. The van der Waals surface area contributed by atoms with Crippen molar-refractivity contribution in [3.05, 3.63) is 35.9 Å². The number of ether oxygens (including phenoxy) is 4. The monoisotopic (exact) mass is 562 g/mol. The van der Waals surface area contributed by atoms with Gasteiger partial charge < -0.3 is 28.7 Å². The molecule has 0 unspecified atom stereocenters. The van der Waals surface area contributed by atoms with Gasteiger partial charge in [-0.2, -0.15) is 0 Å². The Morgan fingerprint density at radius 1 is 1.07 bits per heavy atom. The molecule has 9 heteroatoms. The van der Waals surface area contributed by atoms with Crippen molar-refractivity contribution < 1.29 is 33.3 Å². The van der Waals surface area contributed by atoms with E-state index < -0.39 is 29.8 Å². The average Bonchev–Trinajstić information content (AvgIpc) is 3.40. The molecule has 1 aliphatic heterocycles. The molecule has 6 atom stereocenters. The van der Waals surface area contributed by atoms with Crippen molar-refractivity contribution >= 4 is 18.0 Å². The van der Waals surface area contributed by atoms with Crippen LogP contribution in [0.25, 0.3) is 0 Å². The summed E-state index contributed by atoms with van der Waals surface area (Å²) in [5, 5.41) is 0. The molecule has 0 N–H and O–H groups in total. The highest BCUT2D eigenvalue weighted by Crippen LogP contribution is 2.30. The maximum atomic E-state index is 13.7. The van der Waals surface area contributed by atoms with E-state index in [0.29, 0.717) is 6.54 Å². The van der Waals surface area contributed by atoms with Gasteiger partial charge in [-0.1, -0.05) is 50.6 Å². The number of hydrogen-bond donors (Lipinski definition) is 0. The molecule has 0 aromatic heterocycles. The van der Waals surface area contributed by atoms with E-state index >= 15 is 0 Å². The molecule has 1 saturated heterocycles. The Morgan fingerprint density at radius 3 is 2.27 bits per heavy atom. The SMILES string of the molecule is CC[C@H](C)[C@@H]([C@@H](CC(=O)N1CCC[C@H]1[C@H](OC)[C@@H](C)C(=O)OCc1ccccc1)OC)N(C)C(=O)OC(C)(C)C. The largest absolute Gasteiger partial charge is 0.461 e. The van der Waals surface area contributed by atoms with E-state index in [1.807, 2.05) is 69.9 Å². The van der Waals surface area contributed by atoms with E-state index in [0.717, 1.165) is 24.8 Å². The fourth-order valence-corrected chi connectivity index (χ4v) is 5.46. The first-order chi connectivity index (χ1) is 18.8. The number of likely N-dealkylation sites (tertiary alicyclic amines) is 1. The molecule has 2 rings (SSSR count). The van der Waals surface area contributed by atoms with Gasteiger partial charge in [0.1, 0.15) is 12.2 Å². The Balaban J connectivity index is 2.14. The number of rotatable bonds is 13. The summed E-state index contributed by atoms with van der Waals surface area (Å²) in [5.74, 6) is -0.944. The Hall–Kier alpha value is -2.65. The standard InChI is InChI=1S/C31H50N2O7/c1-10-21(2)27(32(7)30(36)40-31(4,5)6)25(37-8)19-26(34)33-18-14-17-24(33)28(38-9)22(3)29(35)39-20-23-15-12-11-13-16-23/h11-13,15-16,21-22,24-25,27-28H,10,14,17-20H2,1-9H3/t21-,22+,24-,25+,27-,28+/m0/s1. The highest BCUT2D eigenvalue weighted by molar-refractivity contribution is 5.78. The van der Waals surface area contributed by atoms with Crippen molar-refractivity contribution in [1.29, 1.82) is 0 Å². The Bertz CT molecular complexity index is 949. The molecule has 9 nitrogen and oxygen atoms in total.